The molecule has 2 aromatic rings. The van der Waals surface area contributed by atoms with Crippen LogP contribution in [-0.2, 0) is 11.3 Å². The molecule has 120 valence electrons. The Bertz CT molecular complexity index is 794. The highest BCUT2D eigenvalue weighted by Gasteiger charge is 2.29. The van der Waals surface area contributed by atoms with Gasteiger partial charge in [0.2, 0.25) is 5.91 Å². The highest BCUT2D eigenvalue weighted by atomic mass is 16.3. The van der Waals surface area contributed by atoms with Crippen molar-refractivity contribution < 1.29 is 9.90 Å². The van der Waals surface area contributed by atoms with Crippen LogP contribution < -0.4 is 10.9 Å². The third kappa shape index (κ3) is 3.48. The molecule has 0 aromatic carbocycles. The average molecular weight is 313 g/mol. The predicted octanol–water partition coefficient (Wildman–Crippen LogP) is 1.56. The molecular weight excluding hydrogens is 294 g/mol. The normalized spacial score (nSPS) is 13.8. The molecular formula is C17H19N3O3. The van der Waals surface area contributed by atoms with Gasteiger partial charge in [-0.05, 0) is 37.5 Å². The minimum Gasteiger partial charge on any atom is -0.395 e. The standard InChI is InChI=1S/C17H19N3O3/c1-11-2-5-14(19-17(23)12-3-4-12)18-16(11)13-6-7-20(8-9-21)15(22)10-13/h2,5-7,10,12,21H,3-4,8-9H2,1H3,(H,18,19,23). The average Bonchev–Trinajstić information content (AvgIpc) is 3.36. The highest BCUT2D eigenvalue weighted by Crippen LogP contribution is 2.30. The van der Waals surface area contributed by atoms with Crippen molar-refractivity contribution in [3.63, 3.8) is 0 Å². The number of anilines is 1. The van der Waals surface area contributed by atoms with Crippen molar-refractivity contribution in [2.24, 2.45) is 5.92 Å². The summed E-state index contributed by atoms with van der Waals surface area (Å²) in [6.07, 6.45) is 3.52. The monoisotopic (exact) mass is 313 g/mol. The fourth-order valence-electron chi connectivity index (χ4n) is 2.41. The maximum Gasteiger partial charge on any atom is 0.251 e. The third-order valence-electron chi connectivity index (χ3n) is 3.91. The van der Waals surface area contributed by atoms with Crippen LogP contribution in [-0.4, -0.2) is 27.2 Å². The van der Waals surface area contributed by atoms with Crippen molar-refractivity contribution in [3.8, 4) is 11.3 Å². The number of nitrogens with zero attached hydrogens (tertiary/aromatic N) is 2. The molecule has 1 fully saturated rings. The number of nitrogens with one attached hydrogen (secondary N) is 1. The van der Waals surface area contributed by atoms with E-state index in [0.29, 0.717) is 17.1 Å². The van der Waals surface area contributed by atoms with E-state index >= 15 is 0 Å². The maximum atomic E-state index is 12.0. The van der Waals surface area contributed by atoms with Crippen molar-refractivity contribution in [2.75, 3.05) is 11.9 Å². The van der Waals surface area contributed by atoms with E-state index in [9.17, 15) is 9.59 Å². The first-order valence-electron chi connectivity index (χ1n) is 7.68. The second-order valence-corrected chi connectivity index (χ2v) is 5.80. The smallest absolute Gasteiger partial charge is 0.251 e. The van der Waals surface area contributed by atoms with E-state index < -0.39 is 0 Å². The van der Waals surface area contributed by atoms with Gasteiger partial charge in [0.1, 0.15) is 5.82 Å². The quantitative estimate of drug-likeness (QED) is 0.877. The van der Waals surface area contributed by atoms with E-state index in [2.05, 4.69) is 10.3 Å². The number of carbonyl (C=O) groups excluding carboxylic acids is 1. The molecule has 0 saturated heterocycles. The van der Waals surface area contributed by atoms with Crippen LogP contribution in [0.5, 0.6) is 0 Å². The largest absolute Gasteiger partial charge is 0.395 e. The van der Waals surface area contributed by atoms with E-state index in [1.807, 2.05) is 13.0 Å². The van der Waals surface area contributed by atoms with Gasteiger partial charge >= 0.3 is 0 Å². The van der Waals surface area contributed by atoms with Crippen LogP contribution >= 0.6 is 0 Å². The molecule has 6 heteroatoms. The zero-order valence-corrected chi connectivity index (χ0v) is 13.0. The van der Waals surface area contributed by atoms with E-state index in [4.69, 9.17) is 5.11 Å². The summed E-state index contributed by atoms with van der Waals surface area (Å²) in [5.74, 6) is 0.622. The van der Waals surface area contributed by atoms with Gasteiger partial charge in [-0.2, -0.15) is 0 Å². The van der Waals surface area contributed by atoms with Crippen LogP contribution in [0, 0.1) is 12.8 Å². The van der Waals surface area contributed by atoms with Crippen molar-refractivity contribution in [2.45, 2.75) is 26.3 Å². The molecule has 6 nitrogen and oxygen atoms in total. The molecule has 0 spiro atoms. The number of pyridine rings is 2. The molecule has 2 N–H and O–H groups in total. The Morgan fingerprint density at radius 2 is 2.17 bits per heavy atom. The lowest BCUT2D eigenvalue weighted by Crippen LogP contribution is -2.20. The molecule has 0 aliphatic heterocycles. The van der Waals surface area contributed by atoms with Gasteiger partial charge in [-0.1, -0.05) is 6.07 Å². The number of aryl methyl sites for hydroxylation is 1. The fourth-order valence-corrected chi connectivity index (χ4v) is 2.41. The zero-order chi connectivity index (χ0) is 16.4. The second kappa shape index (κ2) is 6.34. The minimum absolute atomic E-state index is 0.00525. The van der Waals surface area contributed by atoms with Gasteiger partial charge in [0.25, 0.3) is 5.56 Å². The predicted molar refractivity (Wildman–Crippen MR) is 87.1 cm³/mol. The number of aliphatic hydroxyl groups is 1. The number of rotatable bonds is 5. The van der Waals surface area contributed by atoms with Crippen LogP contribution in [0.2, 0.25) is 0 Å². The van der Waals surface area contributed by atoms with Gasteiger partial charge in [-0.3, -0.25) is 9.59 Å². The summed E-state index contributed by atoms with van der Waals surface area (Å²) in [5.41, 5.74) is 2.11. The molecule has 2 aromatic heterocycles. The van der Waals surface area contributed by atoms with Crippen LogP contribution in [0.25, 0.3) is 11.3 Å². The SMILES string of the molecule is Cc1ccc(NC(=O)C2CC2)nc1-c1ccn(CCO)c(=O)c1. The number of carbonyl (C=O) groups is 1. The number of aromatic nitrogens is 2. The molecule has 1 amide bonds. The van der Waals surface area contributed by atoms with Gasteiger partial charge in [0, 0.05) is 30.3 Å². The number of aliphatic hydroxyl groups excluding tert-OH is 1. The van der Waals surface area contributed by atoms with E-state index in [1.165, 1.54) is 10.6 Å². The molecule has 1 saturated carbocycles. The topological polar surface area (TPSA) is 84.2 Å². The first kappa shape index (κ1) is 15.4. The number of hydrogen-bond donors (Lipinski definition) is 2. The lowest BCUT2D eigenvalue weighted by Gasteiger charge is -2.10. The molecule has 3 rings (SSSR count). The Balaban J connectivity index is 1.90. The Labute approximate surface area is 133 Å². The van der Waals surface area contributed by atoms with Crippen molar-refractivity contribution >= 4 is 11.7 Å². The summed E-state index contributed by atoms with van der Waals surface area (Å²) in [7, 11) is 0. The van der Waals surface area contributed by atoms with Gasteiger partial charge in [-0.25, -0.2) is 4.98 Å². The maximum absolute atomic E-state index is 12.0. The van der Waals surface area contributed by atoms with Crippen LogP contribution in [0.15, 0.2) is 35.3 Å². The molecule has 1 aliphatic carbocycles. The molecule has 0 unspecified atom stereocenters. The third-order valence-corrected chi connectivity index (χ3v) is 3.91. The van der Waals surface area contributed by atoms with Crippen LogP contribution in [0.4, 0.5) is 5.82 Å². The van der Waals surface area contributed by atoms with Crippen molar-refractivity contribution in [1.82, 2.24) is 9.55 Å². The number of hydrogen-bond acceptors (Lipinski definition) is 4. The molecule has 0 radical (unpaired) electrons. The fraction of sp³-hybridized carbons (Fsp3) is 0.353. The molecule has 0 bridgehead atoms. The van der Waals surface area contributed by atoms with Crippen LogP contribution in [0.1, 0.15) is 18.4 Å². The van der Waals surface area contributed by atoms with Crippen molar-refractivity contribution in [3.05, 3.63) is 46.4 Å². The van der Waals surface area contributed by atoms with E-state index in [1.54, 1.807) is 18.3 Å². The number of amides is 1. The van der Waals surface area contributed by atoms with Gasteiger partial charge in [0.15, 0.2) is 0 Å². The van der Waals surface area contributed by atoms with Crippen LogP contribution in [0.3, 0.4) is 0 Å². The zero-order valence-electron chi connectivity index (χ0n) is 13.0. The Morgan fingerprint density at radius 3 is 2.83 bits per heavy atom. The summed E-state index contributed by atoms with van der Waals surface area (Å²) in [4.78, 5) is 28.4. The lowest BCUT2D eigenvalue weighted by atomic mass is 10.1. The van der Waals surface area contributed by atoms with E-state index in [-0.39, 0.29) is 30.5 Å². The molecule has 23 heavy (non-hydrogen) atoms. The molecule has 0 atom stereocenters. The Kier molecular flexibility index (Phi) is 4.25. The molecule has 2 heterocycles. The van der Waals surface area contributed by atoms with Gasteiger partial charge in [-0.15, -0.1) is 0 Å². The first-order valence-corrected chi connectivity index (χ1v) is 7.68. The Morgan fingerprint density at radius 1 is 1.39 bits per heavy atom. The first-order chi connectivity index (χ1) is 11.1. The van der Waals surface area contributed by atoms with E-state index in [0.717, 1.165) is 18.4 Å². The summed E-state index contributed by atoms with van der Waals surface area (Å²) in [6.45, 7) is 2.09. The summed E-state index contributed by atoms with van der Waals surface area (Å²) < 4.78 is 1.44. The Hall–Kier alpha value is -2.47. The summed E-state index contributed by atoms with van der Waals surface area (Å²) >= 11 is 0. The second-order valence-electron chi connectivity index (χ2n) is 5.80. The lowest BCUT2D eigenvalue weighted by molar-refractivity contribution is -0.117. The van der Waals surface area contributed by atoms with Gasteiger partial charge < -0.3 is 15.0 Å². The summed E-state index contributed by atoms with van der Waals surface area (Å²) in [6, 6.07) is 6.94. The minimum atomic E-state index is -0.190. The molecule has 1 aliphatic rings. The van der Waals surface area contributed by atoms with Gasteiger partial charge in [0.05, 0.1) is 12.3 Å². The highest BCUT2D eigenvalue weighted by molar-refractivity contribution is 5.93. The van der Waals surface area contributed by atoms with Crippen molar-refractivity contribution in [1.29, 1.82) is 0 Å². The summed E-state index contributed by atoms with van der Waals surface area (Å²) in [5, 5.41) is 11.8.